The maximum Gasteiger partial charge on any atom is 0.223 e. The lowest BCUT2D eigenvalue weighted by Crippen LogP contribution is -2.51. The van der Waals surface area contributed by atoms with E-state index in [1.807, 2.05) is 9.80 Å². The van der Waals surface area contributed by atoms with Crippen molar-refractivity contribution in [2.24, 2.45) is 5.41 Å². The summed E-state index contributed by atoms with van der Waals surface area (Å²) in [6.45, 7) is 15.5. The molecule has 2 saturated heterocycles. The number of likely N-dealkylation sites (tertiary alicyclic amines) is 1. The molecule has 1 unspecified atom stereocenters. The van der Waals surface area contributed by atoms with Gasteiger partial charge in [-0.3, -0.25) is 9.59 Å². The van der Waals surface area contributed by atoms with E-state index in [1.54, 1.807) is 0 Å². The van der Waals surface area contributed by atoms with Crippen LogP contribution in [0.15, 0.2) is 0 Å². The smallest absolute Gasteiger partial charge is 0.223 e. The van der Waals surface area contributed by atoms with Crippen molar-refractivity contribution in [1.82, 2.24) is 14.7 Å². The van der Waals surface area contributed by atoms with Crippen molar-refractivity contribution in [1.29, 1.82) is 0 Å². The molecule has 2 aliphatic rings. The first-order valence-corrected chi connectivity index (χ1v) is 13.7. The zero-order chi connectivity index (χ0) is 24.1. The van der Waals surface area contributed by atoms with Crippen molar-refractivity contribution in [2.45, 2.75) is 104 Å². The van der Waals surface area contributed by atoms with Crippen LogP contribution in [0.25, 0.3) is 0 Å². The van der Waals surface area contributed by atoms with E-state index in [2.05, 4.69) is 32.6 Å². The molecule has 0 aromatic rings. The van der Waals surface area contributed by atoms with Crippen LogP contribution in [0.4, 0.5) is 0 Å². The molecule has 6 heteroatoms. The third kappa shape index (κ3) is 11.7. The summed E-state index contributed by atoms with van der Waals surface area (Å²) in [5.41, 5.74) is 0.0194. The number of carbonyl (C=O) groups is 2. The largest absolute Gasteiger partial charge is 0.377 e. The Hall–Kier alpha value is -1.14. The molecule has 0 aromatic carbocycles. The summed E-state index contributed by atoms with van der Waals surface area (Å²) in [5, 5.41) is 0. The van der Waals surface area contributed by atoms with Gasteiger partial charge in [0.1, 0.15) is 0 Å². The minimum absolute atomic E-state index is 0.0194. The van der Waals surface area contributed by atoms with Gasteiger partial charge in [0.2, 0.25) is 11.8 Å². The van der Waals surface area contributed by atoms with Crippen LogP contribution >= 0.6 is 0 Å². The molecule has 192 valence electrons. The number of hydrogen-bond donors (Lipinski definition) is 0. The van der Waals surface area contributed by atoms with Crippen molar-refractivity contribution in [3.05, 3.63) is 0 Å². The van der Waals surface area contributed by atoms with Gasteiger partial charge >= 0.3 is 0 Å². The van der Waals surface area contributed by atoms with Crippen LogP contribution in [0.1, 0.15) is 98.3 Å². The second-order valence-electron chi connectivity index (χ2n) is 11.2. The Balaban J connectivity index is 1.40. The molecule has 0 N–H and O–H groups in total. The maximum absolute atomic E-state index is 12.5. The number of amides is 2. The number of nitrogens with zero attached hydrogens (tertiary/aromatic N) is 3. The van der Waals surface area contributed by atoms with Crippen molar-refractivity contribution in [2.75, 3.05) is 52.4 Å². The van der Waals surface area contributed by atoms with Gasteiger partial charge in [-0.05, 0) is 38.1 Å². The van der Waals surface area contributed by atoms with E-state index < -0.39 is 0 Å². The standard InChI is InChI=1S/C27H51N3O3/c1-5-33-24-15-17-28(23-24)16-13-11-9-7-6-8-10-12-14-25(31)29-18-20-30(21-19-29)26(32)22-27(2,3)4/h24H,5-23H2,1-4H3. The lowest BCUT2D eigenvalue weighted by molar-refractivity contribution is -0.140. The van der Waals surface area contributed by atoms with E-state index in [0.29, 0.717) is 45.1 Å². The number of ether oxygens (including phenoxy) is 1. The predicted molar refractivity (Wildman–Crippen MR) is 135 cm³/mol. The van der Waals surface area contributed by atoms with E-state index in [1.165, 1.54) is 58.0 Å². The van der Waals surface area contributed by atoms with Crippen LogP contribution in [-0.4, -0.2) is 85.0 Å². The van der Waals surface area contributed by atoms with E-state index >= 15 is 0 Å². The Labute approximate surface area is 203 Å². The Bertz CT molecular complexity index is 567. The highest BCUT2D eigenvalue weighted by Crippen LogP contribution is 2.21. The van der Waals surface area contributed by atoms with Gasteiger partial charge in [0.05, 0.1) is 6.10 Å². The van der Waals surface area contributed by atoms with Gasteiger partial charge in [0, 0.05) is 58.7 Å². The fraction of sp³-hybridized carbons (Fsp3) is 0.926. The molecule has 2 amide bonds. The Morgan fingerprint density at radius 2 is 1.33 bits per heavy atom. The van der Waals surface area contributed by atoms with E-state index in [9.17, 15) is 9.59 Å². The number of rotatable bonds is 14. The normalized spacial score (nSPS) is 19.9. The van der Waals surface area contributed by atoms with Gasteiger partial charge in [-0.15, -0.1) is 0 Å². The van der Waals surface area contributed by atoms with Crippen LogP contribution in [-0.2, 0) is 14.3 Å². The molecule has 6 nitrogen and oxygen atoms in total. The minimum Gasteiger partial charge on any atom is -0.377 e. The van der Waals surface area contributed by atoms with Gasteiger partial charge in [-0.2, -0.15) is 0 Å². The zero-order valence-electron chi connectivity index (χ0n) is 22.1. The summed E-state index contributed by atoms with van der Waals surface area (Å²) >= 11 is 0. The van der Waals surface area contributed by atoms with Gasteiger partial charge in [-0.25, -0.2) is 0 Å². The van der Waals surface area contributed by atoms with Crippen LogP contribution in [0.3, 0.4) is 0 Å². The molecule has 2 rings (SSSR count). The molecule has 0 radical (unpaired) electrons. The van der Waals surface area contributed by atoms with Crippen LogP contribution in [0.2, 0.25) is 0 Å². The lowest BCUT2D eigenvalue weighted by Gasteiger charge is -2.36. The molecular formula is C27H51N3O3. The molecular weight excluding hydrogens is 414 g/mol. The van der Waals surface area contributed by atoms with E-state index in [4.69, 9.17) is 4.74 Å². The molecule has 0 bridgehead atoms. The lowest BCUT2D eigenvalue weighted by atomic mass is 9.91. The first kappa shape index (κ1) is 28.1. The molecule has 33 heavy (non-hydrogen) atoms. The molecule has 0 spiro atoms. The first-order chi connectivity index (χ1) is 15.8. The summed E-state index contributed by atoms with van der Waals surface area (Å²) in [5.74, 6) is 0.493. The topological polar surface area (TPSA) is 53.1 Å². The second-order valence-corrected chi connectivity index (χ2v) is 11.2. The van der Waals surface area contributed by atoms with Crippen molar-refractivity contribution >= 4 is 11.8 Å². The average molecular weight is 466 g/mol. The summed E-state index contributed by atoms with van der Waals surface area (Å²) in [7, 11) is 0. The average Bonchev–Trinajstić information content (AvgIpc) is 3.21. The van der Waals surface area contributed by atoms with Gasteiger partial charge in [-0.1, -0.05) is 59.3 Å². The van der Waals surface area contributed by atoms with Crippen molar-refractivity contribution in [3.63, 3.8) is 0 Å². The van der Waals surface area contributed by atoms with Crippen LogP contribution in [0.5, 0.6) is 0 Å². The molecule has 0 aromatic heterocycles. The van der Waals surface area contributed by atoms with Crippen LogP contribution in [0, 0.1) is 5.41 Å². The van der Waals surface area contributed by atoms with Gasteiger partial charge in [0.25, 0.3) is 0 Å². The highest BCUT2D eigenvalue weighted by Gasteiger charge is 2.26. The SMILES string of the molecule is CCOC1CCN(CCCCCCCCCCC(=O)N2CCN(C(=O)CC(C)(C)C)CC2)C1. The third-order valence-electron chi connectivity index (χ3n) is 6.91. The number of hydrogen-bond acceptors (Lipinski definition) is 4. The monoisotopic (exact) mass is 465 g/mol. The number of piperazine rings is 1. The fourth-order valence-electron chi connectivity index (χ4n) is 4.97. The predicted octanol–water partition coefficient (Wildman–Crippen LogP) is 4.72. The summed E-state index contributed by atoms with van der Waals surface area (Å²) < 4.78 is 5.72. The fourth-order valence-corrected chi connectivity index (χ4v) is 4.97. The van der Waals surface area contributed by atoms with Crippen LogP contribution < -0.4 is 0 Å². The molecule has 0 aliphatic carbocycles. The van der Waals surface area contributed by atoms with Crippen molar-refractivity contribution in [3.8, 4) is 0 Å². The quantitative estimate of drug-likeness (QED) is 0.349. The van der Waals surface area contributed by atoms with Gasteiger partial charge in [0.15, 0.2) is 0 Å². The molecule has 1 atom stereocenters. The second kappa shape index (κ2) is 15.0. The van der Waals surface area contributed by atoms with E-state index in [0.717, 1.165) is 26.0 Å². The molecule has 2 fully saturated rings. The minimum atomic E-state index is 0.0194. The van der Waals surface area contributed by atoms with Gasteiger partial charge < -0.3 is 19.4 Å². The Morgan fingerprint density at radius 3 is 1.91 bits per heavy atom. The summed E-state index contributed by atoms with van der Waals surface area (Å²) in [6.07, 6.45) is 12.9. The third-order valence-corrected chi connectivity index (χ3v) is 6.91. The Morgan fingerprint density at radius 1 is 0.788 bits per heavy atom. The van der Waals surface area contributed by atoms with E-state index in [-0.39, 0.29) is 17.2 Å². The number of unbranched alkanes of at least 4 members (excludes halogenated alkanes) is 7. The summed E-state index contributed by atoms with van der Waals surface area (Å²) in [4.78, 5) is 31.3. The molecule has 0 saturated carbocycles. The zero-order valence-corrected chi connectivity index (χ0v) is 22.1. The Kier molecular flexibility index (Phi) is 12.8. The first-order valence-electron chi connectivity index (χ1n) is 13.7. The molecule has 2 heterocycles. The summed E-state index contributed by atoms with van der Waals surface area (Å²) in [6, 6.07) is 0. The number of carbonyl (C=O) groups excluding carboxylic acids is 2. The molecule has 2 aliphatic heterocycles. The highest BCUT2D eigenvalue weighted by molar-refractivity contribution is 5.78. The highest BCUT2D eigenvalue weighted by atomic mass is 16.5. The van der Waals surface area contributed by atoms with Crippen molar-refractivity contribution < 1.29 is 14.3 Å². The maximum atomic E-state index is 12.5.